The van der Waals surface area contributed by atoms with Crippen molar-refractivity contribution in [2.45, 2.75) is 57.0 Å². The van der Waals surface area contributed by atoms with Crippen molar-refractivity contribution in [2.24, 2.45) is 0 Å². The van der Waals surface area contributed by atoms with Crippen LogP contribution >= 0.6 is 0 Å². The molecule has 0 radical (unpaired) electrons. The quantitative estimate of drug-likeness (QED) is 0.475. The van der Waals surface area contributed by atoms with Crippen LogP contribution in [0.1, 0.15) is 32.6 Å². The van der Waals surface area contributed by atoms with Crippen LogP contribution in [-0.2, 0) is 9.53 Å². The van der Waals surface area contributed by atoms with E-state index in [-0.39, 0.29) is 6.42 Å². The van der Waals surface area contributed by atoms with Crippen LogP contribution < -0.4 is 0 Å². The zero-order valence-electron chi connectivity index (χ0n) is 9.95. The van der Waals surface area contributed by atoms with Gasteiger partial charge in [0.15, 0.2) is 6.10 Å². The molecule has 0 spiro atoms. The minimum atomic E-state index is -1.17. The third kappa shape index (κ3) is 4.11. The maximum Gasteiger partial charge on any atom is 0.335 e. The van der Waals surface area contributed by atoms with Gasteiger partial charge < -0.3 is 20.1 Å². The third-order valence-corrected chi connectivity index (χ3v) is 2.78. The van der Waals surface area contributed by atoms with Gasteiger partial charge in [-0.2, -0.15) is 0 Å². The summed E-state index contributed by atoms with van der Waals surface area (Å²) in [6.45, 7) is 1.89. The van der Waals surface area contributed by atoms with Gasteiger partial charge in [0.25, 0.3) is 0 Å². The lowest BCUT2D eigenvalue weighted by atomic mass is 10.0. The average molecular weight is 244 g/mol. The van der Waals surface area contributed by atoms with Crippen LogP contribution in [0.3, 0.4) is 0 Å². The fourth-order valence-corrected chi connectivity index (χ4v) is 1.75. The first-order valence-electron chi connectivity index (χ1n) is 5.97. The van der Waals surface area contributed by atoms with E-state index in [4.69, 9.17) is 4.74 Å². The summed E-state index contributed by atoms with van der Waals surface area (Å²) in [5.41, 5.74) is 0. The van der Waals surface area contributed by atoms with E-state index < -0.39 is 30.4 Å². The van der Waals surface area contributed by atoms with Crippen LogP contribution in [0.25, 0.3) is 0 Å². The predicted octanol–water partition coefficient (Wildman–Crippen LogP) is 0.131. The van der Waals surface area contributed by atoms with Gasteiger partial charge in [-0.15, -0.1) is 0 Å². The van der Waals surface area contributed by atoms with E-state index in [1.165, 1.54) is 6.08 Å². The number of ether oxygens (including phenoxy) is 1. The van der Waals surface area contributed by atoms with Crippen molar-refractivity contribution in [3.8, 4) is 0 Å². The molecule has 0 saturated carbocycles. The SMILES string of the molecule is CCC[C@H]1OC(=O)[C@H](O)CC/C=C/[C@H](O)[C@@H]1O. The molecule has 0 aliphatic carbocycles. The fraction of sp³-hybridized carbons (Fsp3) is 0.750. The highest BCUT2D eigenvalue weighted by Crippen LogP contribution is 2.16. The highest BCUT2D eigenvalue weighted by atomic mass is 16.6. The van der Waals surface area contributed by atoms with Gasteiger partial charge in [0.05, 0.1) is 0 Å². The Bertz CT molecular complexity index is 276. The first-order chi connectivity index (χ1) is 8.06. The van der Waals surface area contributed by atoms with E-state index in [1.807, 2.05) is 6.92 Å². The number of hydrogen-bond donors (Lipinski definition) is 3. The number of cyclic esters (lactones) is 1. The number of aliphatic hydroxyl groups is 3. The molecule has 0 unspecified atom stereocenters. The highest BCUT2D eigenvalue weighted by molar-refractivity contribution is 5.74. The highest BCUT2D eigenvalue weighted by Gasteiger charge is 2.30. The first kappa shape index (κ1) is 14.2. The van der Waals surface area contributed by atoms with Crippen molar-refractivity contribution in [1.29, 1.82) is 0 Å². The lowest BCUT2D eigenvalue weighted by Gasteiger charge is -2.27. The van der Waals surface area contributed by atoms with Crippen LogP contribution in [-0.4, -0.2) is 45.7 Å². The van der Waals surface area contributed by atoms with Crippen molar-refractivity contribution in [3.05, 3.63) is 12.2 Å². The van der Waals surface area contributed by atoms with E-state index in [0.29, 0.717) is 19.3 Å². The van der Waals surface area contributed by atoms with Crippen LogP contribution in [0.5, 0.6) is 0 Å². The molecule has 1 aliphatic heterocycles. The van der Waals surface area contributed by atoms with Crippen LogP contribution in [0.15, 0.2) is 12.2 Å². The molecule has 0 saturated heterocycles. The third-order valence-electron chi connectivity index (χ3n) is 2.78. The number of carbonyl (C=O) groups excluding carboxylic acids is 1. The average Bonchev–Trinajstić information content (AvgIpc) is 2.31. The zero-order chi connectivity index (χ0) is 12.8. The Balaban J connectivity index is 2.80. The van der Waals surface area contributed by atoms with Crippen molar-refractivity contribution >= 4 is 5.97 Å². The second-order valence-corrected chi connectivity index (χ2v) is 4.27. The van der Waals surface area contributed by atoms with Gasteiger partial charge in [0, 0.05) is 0 Å². The molecule has 17 heavy (non-hydrogen) atoms. The summed E-state index contributed by atoms with van der Waals surface area (Å²) in [5, 5.41) is 29.0. The Labute approximate surface area is 101 Å². The van der Waals surface area contributed by atoms with Gasteiger partial charge in [-0.05, 0) is 19.3 Å². The summed E-state index contributed by atoms with van der Waals surface area (Å²) in [5.74, 6) is -0.731. The maximum atomic E-state index is 11.5. The van der Waals surface area contributed by atoms with Gasteiger partial charge in [-0.3, -0.25) is 0 Å². The largest absolute Gasteiger partial charge is 0.458 e. The predicted molar refractivity (Wildman–Crippen MR) is 61.2 cm³/mol. The molecule has 0 aromatic rings. The summed E-state index contributed by atoms with van der Waals surface area (Å²) in [7, 11) is 0. The molecule has 0 bridgehead atoms. The number of rotatable bonds is 2. The van der Waals surface area contributed by atoms with Crippen LogP contribution in [0, 0.1) is 0 Å². The van der Waals surface area contributed by atoms with Crippen molar-refractivity contribution in [3.63, 3.8) is 0 Å². The second-order valence-electron chi connectivity index (χ2n) is 4.27. The van der Waals surface area contributed by atoms with Gasteiger partial charge >= 0.3 is 5.97 Å². The van der Waals surface area contributed by atoms with E-state index in [2.05, 4.69) is 0 Å². The molecule has 4 atom stereocenters. The zero-order valence-corrected chi connectivity index (χ0v) is 9.95. The molecule has 0 aromatic heterocycles. The molecule has 1 aliphatic rings. The molecule has 5 heteroatoms. The molecule has 0 amide bonds. The summed E-state index contributed by atoms with van der Waals surface area (Å²) in [4.78, 5) is 11.5. The molecule has 0 aromatic carbocycles. The maximum absolute atomic E-state index is 11.5. The van der Waals surface area contributed by atoms with Gasteiger partial charge in [-0.1, -0.05) is 25.5 Å². The molecule has 0 fully saturated rings. The number of carbonyl (C=O) groups is 1. The smallest absolute Gasteiger partial charge is 0.335 e. The molecule has 1 heterocycles. The minimum Gasteiger partial charge on any atom is -0.458 e. The Hall–Kier alpha value is -0.910. The summed E-state index contributed by atoms with van der Waals surface area (Å²) in [6.07, 6.45) is 0.857. The van der Waals surface area contributed by atoms with E-state index >= 15 is 0 Å². The lowest BCUT2D eigenvalue weighted by Crippen LogP contribution is -2.41. The van der Waals surface area contributed by atoms with Crippen LogP contribution in [0.4, 0.5) is 0 Å². The standard InChI is InChI=1S/C12H20O5/c1-2-5-10-11(15)8(13)6-3-4-7-9(14)12(16)17-10/h3,6,8-11,13-15H,2,4-5,7H2,1H3/b6-3+/t8-,9+,10+,11-/m0/s1. The topological polar surface area (TPSA) is 87.0 Å². The number of allylic oxidation sites excluding steroid dienone is 1. The Morgan fingerprint density at radius 2 is 2.12 bits per heavy atom. The molecular formula is C12H20O5. The summed E-state index contributed by atoms with van der Waals surface area (Å²) < 4.78 is 5.03. The fourth-order valence-electron chi connectivity index (χ4n) is 1.75. The molecule has 98 valence electrons. The molecule has 5 nitrogen and oxygen atoms in total. The van der Waals surface area contributed by atoms with E-state index in [0.717, 1.165) is 0 Å². The molecule has 1 rings (SSSR count). The van der Waals surface area contributed by atoms with Crippen molar-refractivity contribution in [2.75, 3.05) is 0 Å². The number of esters is 1. The van der Waals surface area contributed by atoms with Crippen molar-refractivity contribution in [1.82, 2.24) is 0 Å². The Morgan fingerprint density at radius 3 is 2.76 bits per heavy atom. The molecular weight excluding hydrogens is 224 g/mol. The summed E-state index contributed by atoms with van der Waals surface area (Å²) >= 11 is 0. The number of aliphatic hydroxyl groups excluding tert-OH is 3. The van der Waals surface area contributed by atoms with Gasteiger partial charge in [-0.25, -0.2) is 4.79 Å². The van der Waals surface area contributed by atoms with Gasteiger partial charge in [0.2, 0.25) is 0 Å². The first-order valence-corrected chi connectivity index (χ1v) is 5.97. The summed E-state index contributed by atoms with van der Waals surface area (Å²) in [6, 6.07) is 0. The minimum absolute atomic E-state index is 0.261. The molecule has 3 N–H and O–H groups in total. The monoisotopic (exact) mass is 244 g/mol. The number of hydrogen-bond acceptors (Lipinski definition) is 5. The van der Waals surface area contributed by atoms with Gasteiger partial charge in [0.1, 0.15) is 18.3 Å². The van der Waals surface area contributed by atoms with E-state index in [1.54, 1.807) is 6.08 Å². The van der Waals surface area contributed by atoms with E-state index in [9.17, 15) is 20.1 Å². The second kappa shape index (κ2) is 6.74. The Kier molecular flexibility index (Phi) is 5.61. The Morgan fingerprint density at radius 1 is 1.41 bits per heavy atom. The lowest BCUT2D eigenvalue weighted by molar-refractivity contribution is -0.169. The van der Waals surface area contributed by atoms with Crippen molar-refractivity contribution < 1.29 is 24.9 Å². The normalized spacial score (nSPS) is 37.3. The van der Waals surface area contributed by atoms with Crippen LogP contribution in [0.2, 0.25) is 0 Å².